The summed E-state index contributed by atoms with van der Waals surface area (Å²) in [6.45, 7) is 2.18. The molecule has 2 heterocycles. The number of fused-ring (bicyclic) bond motifs is 1. The highest BCUT2D eigenvalue weighted by Gasteiger charge is 2.37. The molecule has 0 aliphatic carbocycles. The summed E-state index contributed by atoms with van der Waals surface area (Å²) in [6.07, 6.45) is 0. The minimum Gasteiger partial charge on any atom is -0.398 e. The molecule has 1 aromatic carbocycles. The first-order valence-electron chi connectivity index (χ1n) is 6.45. The molecule has 6 nitrogen and oxygen atoms in total. The Hall–Kier alpha value is -1.95. The van der Waals surface area contributed by atoms with Gasteiger partial charge < -0.3 is 20.9 Å². The van der Waals surface area contributed by atoms with Crippen LogP contribution in [0.5, 0.6) is 0 Å². The zero-order chi connectivity index (χ0) is 14.3. The second kappa shape index (κ2) is 4.86. The predicted molar refractivity (Wildman–Crippen MR) is 75.7 cm³/mol. The van der Waals surface area contributed by atoms with Gasteiger partial charge in [-0.2, -0.15) is 0 Å². The molecule has 3 N–H and O–H groups in total. The lowest BCUT2D eigenvalue weighted by molar-refractivity contribution is 0.0618. The van der Waals surface area contributed by atoms with Crippen LogP contribution in [0, 0.1) is 0 Å². The highest BCUT2D eigenvalue weighted by atomic mass is 35.5. The lowest BCUT2D eigenvalue weighted by Crippen LogP contribution is -2.53. The van der Waals surface area contributed by atoms with Crippen molar-refractivity contribution in [1.29, 1.82) is 0 Å². The highest BCUT2D eigenvalue weighted by Crippen LogP contribution is 2.22. The van der Waals surface area contributed by atoms with Crippen molar-refractivity contribution >= 4 is 29.2 Å². The molecule has 2 fully saturated rings. The van der Waals surface area contributed by atoms with Gasteiger partial charge in [0, 0.05) is 36.9 Å². The molecule has 1 aromatic rings. The first kappa shape index (κ1) is 13.1. The summed E-state index contributed by atoms with van der Waals surface area (Å²) >= 11 is 5.84. The lowest BCUT2D eigenvalue weighted by Gasteiger charge is -2.36. The summed E-state index contributed by atoms with van der Waals surface area (Å²) in [5.41, 5.74) is 6.69. The van der Waals surface area contributed by atoms with E-state index in [2.05, 4.69) is 5.32 Å². The normalized spacial score (nSPS) is 21.6. The first-order valence-corrected chi connectivity index (χ1v) is 6.83. The van der Waals surface area contributed by atoms with Gasteiger partial charge in [0.15, 0.2) is 0 Å². The first-order chi connectivity index (χ1) is 9.56. The highest BCUT2D eigenvalue weighted by molar-refractivity contribution is 6.31. The Morgan fingerprint density at radius 1 is 1.40 bits per heavy atom. The number of amides is 3. The number of nitrogens with one attached hydrogen (secondary N) is 1. The largest absolute Gasteiger partial charge is 0.398 e. The van der Waals surface area contributed by atoms with Gasteiger partial charge in [-0.3, -0.25) is 4.79 Å². The molecular formula is C13H15ClN4O2. The predicted octanol–water partition coefficient (Wildman–Crippen LogP) is 0.772. The van der Waals surface area contributed by atoms with Crippen LogP contribution in [0.3, 0.4) is 0 Å². The maximum absolute atomic E-state index is 12.5. The fraction of sp³-hybridized carbons (Fsp3) is 0.385. The average Bonchev–Trinajstić information content (AvgIpc) is 2.79. The maximum atomic E-state index is 12.5. The van der Waals surface area contributed by atoms with Gasteiger partial charge in [-0.1, -0.05) is 11.6 Å². The molecule has 0 radical (unpaired) electrons. The van der Waals surface area contributed by atoms with Crippen LogP contribution in [-0.2, 0) is 0 Å². The number of hydrogen-bond donors (Lipinski definition) is 2. The smallest absolute Gasteiger partial charge is 0.317 e. The second-order valence-corrected chi connectivity index (χ2v) is 5.45. The zero-order valence-electron chi connectivity index (χ0n) is 10.8. The Kier molecular flexibility index (Phi) is 3.17. The van der Waals surface area contributed by atoms with Crippen molar-refractivity contribution in [3.63, 3.8) is 0 Å². The van der Waals surface area contributed by atoms with E-state index < -0.39 is 0 Å². The minimum absolute atomic E-state index is 0.0481. The molecular weight excluding hydrogens is 280 g/mol. The third-order valence-corrected chi connectivity index (χ3v) is 4.00. The summed E-state index contributed by atoms with van der Waals surface area (Å²) in [5, 5.41) is 3.30. The van der Waals surface area contributed by atoms with E-state index in [1.54, 1.807) is 28.0 Å². The van der Waals surface area contributed by atoms with Crippen molar-refractivity contribution in [2.45, 2.75) is 6.04 Å². The molecule has 0 spiro atoms. The third-order valence-electron chi connectivity index (χ3n) is 3.76. The molecule has 106 valence electrons. The maximum Gasteiger partial charge on any atom is 0.317 e. The fourth-order valence-electron chi connectivity index (χ4n) is 2.69. The number of rotatable bonds is 1. The van der Waals surface area contributed by atoms with Crippen LogP contribution < -0.4 is 11.1 Å². The number of piperazine rings is 1. The number of carbonyl (C=O) groups is 2. The van der Waals surface area contributed by atoms with Crippen molar-refractivity contribution < 1.29 is 9.59 Å². The monoisotopic (exact) mass is 294 g/mol. The number of nitrogens with two attached hydrogens (primary N) is 1. The van der Waals surface area contributed by atoms with Gasteiger partial charge in [0.25, 0.3) is 5.91 Å². The molecule has 2 aliphatic rings. The summed E-state index contributed by atoms with van der Waals surface area (Å²) in [4.78, 5) is 27.5. The molecule has 20 heavy (non-hydrogen) atoms. The number of nitrogens with zero attached hydrogens (tertiary/aromatic N) is 2. The molecule has 0 aromatic heterocycles. The van der Waals surface area contributed by atoms with Crippen LogP contribution >= 0.6 is 11.6 Å². The van der Waals surface area contributed by atoms with Crippen LogP contribution in [0.4, 0.5) is 10.5 Å². The summed E-state index contributed by atoms with van der Waals surface area (Å²) in [5.74, 6) is -0.113. The van der Waals surface area contributed by atoms with Crippen LogP contribution in [0.2, 0.25) is 5.02 Å². The van der Waals surface area contributed by atoms with Crippen LogP contribution in [0.25, 0.3) is 0 Å². The lowest BCUT2D eigenvalue weighted by atomic mass is 10.1. The molecule has 0 saturated carbocycles. The third kappa shape index (κ3) is 2.16. The van der Waals surface area contributed by atoms with Crippen molar-refractivity contribution in [1.82, 2.24) is 15.1 Å². The molecule has 2 saturated heterocycles. The van der Waals surface area contributed by atoms with Gasteiger partial charge in [-0.25, -0.2) is 4.79 Å². The standard InChI is InChI=1S/C13H15ClN4O2/c14-8-1-2-10(11(15)5-8)12(19)17-3-4-18-9(7-17)6-16-13(18)20/h1-2,5,9H,3-4,6-7,15H2,(H,16,20). The number of halogens is 1. The molecule has 3 rings (SSSR count). The van der Waals surface area contributed by atoms with E-state index in [1.807, 2.05) is 0 Å². The van der Waals surface area contributed by atoms with Crippen LogP contribution in [0.15, 0.2) is 18.2 Å². The number of anilines is 1. The Morgan fingerprint density at radius 3 is 2.95 bits per heavy atom. The van der Waals surface area contributed by atoms with Gasteiger partial charge in [-0.05, 0) is 18.2 Å². The second-order valence-electron chi connectivity index (χ2n) is 5.02. The number of urea groups is 1. The Bertz CT molecular complexity index is 577. The van der Waals surface area contributed by atoms with E-state index in [4.69, 9.17) is 17.3 Å². The molecule has 7 heteroatoms. The molecule has 1 atom stereocenters. The van der Waals surface area contributed by atoms with Crippen LogP contribution in [-0.4, -0.2) is 54.0 Å². The van der Waals surface area contributed by atoms with E-state index in [9.17, 15) is 9.59 Å². The van der Waals surface area contributed by atoms with Gasteiger partial charge in [-0.15, -0.1) is 0 Å². The van der Waals surface area contributed by atoms with E-state index >= 15 is 0 Å². The van der Waals surface area contributed by atoms with Crippen molar-refractivity contribution in [2.24, 2.45) is 0 Å². The number of carbonyl (C=O) groups excluding carboxylic acids is 2. The Labute approximate surface area is 121 Å². The van der Waals surface area contributed by atoms with Crippen LogP contribution in [0.1, 0.15) is 10.4 Å². The minimum atomic E-state index is -0.113. The zero-order valence-corrected chi connectivity index (χ0v) is 11.6. The quantitative estimate of drug-likeness (QED) is 0.751. The molecule has 3 amide bonds. The topological polar surface area (TPSA) is 78.7 Å². The van der Waals surface area contributed by atoms with Crippen molar-refractivity contribution in [3.05, 3.63) is 28.8 Å². The average molecular weight is 295 g/mol. The summed E-state index contributed by atoms with van der Waals surface area (Å²) < 4.78 is 0. The van der Waals surface area contributed by atoms with Gasteiger partial charge in [0.05, 0.1) is 11.6 Å². The van der Waals surface area contributed by atoms with Gasteiger partial charge >= 0.3 is 6.03 Å². The summed E-state index contributed by atoms with van der Waals surface area (Å²) in [7, 11) is 0. The Morgan fingerprint density at radius 2 is 2.20 bits per heavy atom. The molecule has 0 bridgehead atoms. The van der Waals surface area contributed by atoms with Crippen molar-refractivity contribution in [3.8, 4) is 0 Å². The van der Waals surface area contributed by atoms with E-state index in [0.29, 0.717) is 42.5 Å². The van der Waals surface area contributed by atoms with E-state index in [0.717, 1.165) is 0 Å². The number of hydrogen-bond acceptors (Lipinski definition) is 3. The SMILES string of the molecule is Nc1cc(Cl)ccc1C(=O)N1CCN2C(=O)NCC2C1. The Balaban J connectivity index is 1.77. The number of nitrogen functional groups attached to an aromatic ring is 1. The van der Waals surface area contributed by atoms with Gasteiger partial charge in [0.1, 0.15) is 0 Å². The molecule has 1 unspecified atom stereocenters. The van der Waals surface area contributed by atoms with E-state index in [-0.39, 0.29) is 18.0 Å². The fourth-order valence-corrected chi connectivity index (χ4v) is 2.87. The summed E-state index contributed by atoms with van der Waals surface area (Å²) in [6, 6.07) is 4.87. The van der Waals surface area contributed by atoms with E-state index in [1.165, 1.54) is 0 Å². The van der Waals surface area contributed by atoms with Crippen molar-refractivity contribution in [2.75, 3.05) is 31.9 Å². The molecule has 2 aliphatic heterocycles. The number of benzene rings is 1. The van der Waals surface area contributed by atoms with Gasteiger partial charge in [0.2, 0.25) is 0 Å².